The van der Waals surface area contributed by atoms with Crippen molar-refractivity contribution < 1.29 is 31.1 Å². The highest BCUT2D eigenvalue weighted by atomic mass is 32.2. The molecule has 2 heterocycles. The minimum atomic E-state index is -5.05. The Morgan fingerprint density at radius 3 is 2.33 bits per heavy atom. The highest BCUT2D eigenvalue weighted by molar-refractivity contribution is 7.93. The summed E-state index contributed by atoms with van der Waals surface area (Å²) in [6.45, 7) is 7.55. The van der Waals surface area contributed by atoms with Crippen molar-refractivity contribution in [1.29, 1.82) is 0 Å². The number of ether oxygens (including phenoxy) is 1. The summed E-state index contributed by atoms with van der Waals surface area (Å²) in [4.78, 5) is 21.2. The van der Waals surface area contributed by atoms with E-state index in [0.29, 0.717) is 11.4 Å². The van der Waals surface area contributed by atoms with Gasteiger partial charge in [-0.1, -0.05) is 39.0 Å². The Hall–Kier alpha value is -4.66. The molecule has 0 radical (unpaired) electrons. The fourth-order valence-electron chi connectivity index (χ4n) is 3.83. The third kappa shape index (κ3) is 6.79. The van der Waals surface area contributed by atoms with Gasteiger partial charge in [-0.25, -0.2) is 17.8 Å². The maximum atomic E-state index is 13.4. The number of H-pyrrole nitrogens is 1. The molecular weight excluding hydrogens is 575 g/mol. The van der Waals surface area contributed by atoms with E-state index in [-0.39, 0.29) is 39.5 Å². The Morgan fingerprint density at radius 2 is 1.76 bits per heavy atom. The zero-order valence-corrected chi connectivity index (χ0v) is 23.8. The highest BCUT2D eigenvalue weighted by Crippen LogP contribution is 2.37. The third-order valence-electron chi connectivity index (χ3n) is 6.07. The number of aromatic amines is 1. The van der Waals surface area contributed by atoms with E-state index in [1.54, 1.807) is 13.1 Å². The van der Waals surface area contributed by atoms with Gasteiger partial charge in [0.1, 0.15) is 40.6 Å². The summed E-state index contributed by atoms with van der Waals surface area (Å²) in [7, 11) is -5.05. The van der Waals surface area contributed by atoms with Gasteiger partial charge >= 0.3 is 5.76 Å². The molecule has 11 nitrogen and oxygen atoms in total. The number of nitrogens with two attached hydrogens (primary N) is 1. The number of nitrogens with zero attached hydrogens (tertiary/aromatic N) is 3. The molecule has 0 bridgehead atoms. The number of benzene rings is 2. The number of sulfonamides is 1. The van der Waals surface area contributed by atoms with Gasteiger partial charge in [-0.05, 0) is 36.8 Å². The molecule has 222 valence electrons. The van der Waals surface area contributed by atoms with Crippen LogP contribution in [0, 0.1) is 5.82 Å². The van der Waals surface area contributed by atoms with E-state index in [4.69, 9.17) is 10.5 Å². The van der Waals surface area contributed by atoms with Gasteiger partial charge in [0.25, 0.3) is 15.9 Å². The molecule has 2 aromatic heterocycles. The van der Waals surface area contributed by atoms with Crippen molar-refractivity contribution in [3.63, 3.8) is 0 Å². The molecule has 0 saturated heterocycles. The Kier molecular flexibility index (Phi) is 8.43. The van der Waals surface area contributed by atoms with Gasteiger partial charge in [-0.15, -0.1) is 0 Å². The van der Waals surface area contributed by atoms with Gasteiger partial charge in [0.05, 0.1) is 23.8 Å². The van der Waals surface area contributed by atoms with Gasteiger partial charge in [0.15, 0.2) is 0 Å². The second kappa shape index (κ2) is 11.7. The maximum Gasteiger partial charge on any atom is 0.355 e. The van der Waals surface area contributed by atoms with E-state index in [1.807, 2.05) is 25.5 Å². The van der Waals surface area contributed by atoms with Crippen molar-refractivity contribution >= 4 is 33.3 Å². The zero-order chi connectivity index (χ0) is 30.8. The number of anilines is 3. The molecule has 42 heavy (non-hydrogen) atoms. The van der Waals surface area contributed by atoms with Crippen LogP contribution in [0.5, 0.6) is 5.75 Å². The molecule has 4 rings (SSSR count). The van der Waals surface area contributed by atoms with Crippen molar-refractivity contribution in [2.24, 2.45) is 5.73 Å². The van der Waals surface area contributed by atoms with Crippen LogP contribution < -0.4 is 20.5 Å². The van der Waals surface area contributed by atoms with E-state index in [9.17, 15) is 26.4 Å². The average Bonchev–Trinajstić information content (AvgIpc) is 3.33. The SMILES string of the molecule is CC(Oc1cc(-c2n[nH]c(Nc3cnc(C(C)(C)C)cn3)c2C(N)=O)ccc1NS(=O)(=O)C(F)F)c1ccc(F)cc1. The second-order valence-electron chi connectivity index (χ2n) is 10.3. The van der Waals surface area contributed by atoms with Crippen molar-refractivity contribution in [1.82, 2.24) is 20.2 Å². The highest BCUT2D eigenvalue weighted by Gasteiger charge is 2.27. The van der Waals surface area contributed by atoms with Crippen LogP contribution in [0.4, 0.5) is 30.5 Å². The minimum Gasteiger partial charge on any atom is -0.484 e. The van der Waals surface area contributed by atoms with Crippen LogP contribution >= 0.6 is 0 Å². The summed E-state index contributed by atoms with van der Waals surface area (Å²) < 4.78 is 71.3. The van der Waals surface area contributed by atoms with Crippen LogP contribution in [-0.2, 0) is 15.4 Å². The summed E-state index contributed by atoms with van der Waals surface area (Å²) in [5.74, 6) is -4.79. The summed E-state index contributed by atoms with van der Waals surface area (Å²) in [6, 6.07) is 9.19. The predicted molar refractivity (Wildman–Crippen MR) is 151 cm³/mol. The molecule has 1 unspecified atom stereocenters. The van der Waals surface area contributed by atoms with Crippen molar-refractivity contribution in [2.75, 3.05) is 10.0 Å². The van der Waals surface area contributed by atoms with E-state index in [2.05, 4.69) is 25.5 Å². The minimum absolute atomic E-state index is 0.0601. The number of halogens is 3. The van der Waals surface area contributed by atoms with E-state index in [0.717, 1.165) is 5.69 Å². The number of carbonyl (C=O) groups excluding carboxylic acids is 1. The number of primary amides is 1. The molecule has 0 spiro atoms. The van der Waals surface area contributed by atoms with Gasteiger partial charge in [0.2, 0.25) is 0 Å². The van der Waals surface area contributed by atoms with Crippen LogP contribution in [0.2, 0.25) is 0 Å². The first-order chi connectivity index (χ1) is 19.7. The molecule has 4 aromatic rings. The molecule has 2 aromatic carbocycles. The molecule has 0 aliphatic carbocycles. The van der Waals surface area contributed by atoms with Crippen LogP contribution in [0.1, 0.15) is 55.4 Å². The number of alkyl halides is 2. The van der Waals surface area contributed by atoms with E-state index < -0.39 is 33.6 Å². The van der Waals surface area contributed by atoms with Crippen LogP contribution in [0.3, 0.4) is 0 Å². The topological polar surface area (TPSA) is 165 Å². The van der Waals surface area contributed by atoms with Gasteiger partial charge in [0, 0.05) is 11.0 Å². The lowest BCUT2D eigenvalue weighted by Crippen LogP contribution is -2.21. The number of aromatic nitrogens is 4. The summed E-state index contributed by atoms with van der Waals surface area (Å²) in [6.07, 6.45) is 2.31. The van der Waals surface area contributed by atoms with Crippen molar-refractivity contribution in [2.45, 2.75) is 45.0 Å². The molecule has 5 N–H and O–H groups in total. The normalized spacial score (nSPS) is 12.7. The number of nitrogens with one attached hydrogen (secondary N) is 3. The smallest absolute Gasteiger partial charge is 0.355 e. The molecule has 0 saturated carbocycles. The molecule has 0 aliphatic heterocycles. The second-order valence-corrected chi connectivity index (χ2v) is 11.9. The molecular formula is C27H28F3N7O4S. The first-order valence-corrected chi connectivity index (χ1v) is 14.0. The number of amides is 1. The Morgan fingerprint density at radius 1 is 1.07 bits per heavy atom. The summed E-state index contributed by atoms with van der Waals surface area (Å²) in [5.41, 5.74) is 6.66. The van der Waals surface area contributed by atoms with Gasteiger partial charge < -0.3 is 15.8 Å². The number of carbonyl (C=O) groups is 1. The van der Waals surface area contributed by atoms with Crippen molar-refractivity contribution in [3.8, 4) is 17.0 Å². The maximum absolute atomic E-state index is 13.4. The Balaban J connectivity index is 1.73. The van der Waals surface area contributed by atoms with E-state index in [1.165, 1.54) is 48.7 Å². The third-order valence-corrected chi connectivity index (χ3v) is 7.04. The summed E-state index contributed by atoms with van der Waals surface area (Å²) >= 11 is 0. The largest absolute Gasteiger partial charge is 0.484 e. The number of hydrogen-bond acceptors (Lipinski definition) is 8. The monoisotopic (exact) mass is 603 g/mol. The van der Waals surface area contributed by atoms with E-state index >= 15 is 0 Å². The van der Waals surface area contributed by atoms with Crippen LogP contribution in [-0.4, -0.2) is 40.2 Å². The fraction of sp³-hybridized carbons (Fsp3) is 0.259. The summed E-state index contributed by atoms with van der Waals surface area (Å²) in [5, 5.41) is 9.80. The lowest BCUT2D eigenvalue weighted by Gasteiger charge is -2.19. The van der Waals surface area contributed by atoms with Crippen molar-refractivity contribution in [3.05, 3.63) is 77.5 Å². The Bertz CT molecular complexity index is 1690. The first-order valence-electron chi connectivity index (χ1n) is 12.5. The lowest BCUT2D eigenvalue weighted by atomic mass is 9.93. The van der Waals surface area contributed by atoms with Crippen LogP contribution in [0.15, 0.2) is 54.9 Å². The quantitative estimate of drug-likeness (QED) is 0.191. The number of rotatable bonds is 10. The van der Waals surface area contributed by atoms with Crippen LogP contribution in [0.25, 0.3) is 11.3 Å². The molecule has 0 fully saturated rings. The first kappa shape index (κ1) is 30.3. The molecule has 1 amide bonds. The van der Waals surface area contributed by atoms with Gasteiger partial charge in [-0.2, -0.15) is 13.9 Å². The Labute approximate surface area is 239 Å². The molecule has 0 aliphatic rings. The zero-order valence-electron chi connectivity index (χ0n) is 22.9. The fourth-order valence-corrected chi connectivity index (χ4v) is 4.39. The lowest BCUT2D eigenvalue weighted by molar-refractivity contribution is 0.100. The van der Waals surface area contributed by atoms with Gasteiger partial charge in [-0.3, -0.25) is 19.6 Å². The molecule has 15 heteroatoms. The average molecular weight is 604 g/mol. The standard InChI is InChI=1S/C27H28F3N7O4S/c1-14(15-5-8-17(28)9-6-15)41-19-11-16(7-10-18(19)37-42(39,40)26(29)30)23-22(24(31)38)25(36-35-23)34-21-13-32-20(12-33-21)27(2,3)4/h5-14,26,37H,1-4H3,(H2,31,38)(H2,33,34,35,36). The number of hydrogen-bond donors (Lipinski definition) is 4. The predicted octanol–water partition coefficient (Wildman–Crippen LogP) is 5.25. The molecule has 1 atom stereocenters.